The summed E-state index contributed by atoms with van der Waals surface area (Å²) in [6.45, 7) is 5.91. The molecule has 0 radical (unpaired) electrons. The number of carbonyl (C=O) groups is 1. The summed E-state index contributed by atoms with van der Waals surface area (Å²) < 4.78 is 0. The van der Waals surface area contributed by atoms with Crippen LogP contribution in [0.1, 0.15) is 32.6 Å². The van der Waals surface area contributed by atoms with Gasteiger partial charge in [-0.3, -0.25) is 4.79 Å². The van der Waals surface area contributed by atoms with Crippen LogP contribution in [0.2, 0.25) is 0 Å². The zero-order chi connectivity index (χ0) is 14.8. The number of nitrogens with one attached hydrogen (secondary N) is 2. The van der Waals surface area contributed by atoms with Crippen LogP contribution in [0.4, 0.5) is 5.69 Å². The van der Waals surface area contributed by atoms with Crippen molar-refractivity contribution in [2.24, 2.45) is 0 Å². The molecule has 0 bridgehead atoms. The van der Waals surface area contributed by atoms with E-state index in [1.165, 1.54) is 22.3 Å². The van der Waals surface area contributed by atoms with Crippen molar-refractivity contribution in [2.75, 3.05) is 11.9 Å². The molecule has 1 amide bonds. The molecule has 0 saturated carbocycles. The molecular weight excluding hydrogens is 260 g/mol. The fourth-order valence-corrected chi connectivity index (χ4v) is 2.76. The Balaban J connectivity index is 1.87. The first-order chi connectivity index (χ1) is 10.1. The van der Waals surface area contributed by atoms with Crippen LogP contribution < -0.4 is 10.6 Å². The van der Waals surface area contributed by atoms with Gasteiger partial charge in [-0.1, -0.05) is 18.2 Å². The van der Waals surface area contributed by atoms with Crippen molar-refractivity contribution in [3.05, 3.63) is 64.2 Å². The van der Waals surface area contributed by atoms with E-state index in [9.17, 15) is 4.79 Å². The first-order valence-electron chi connectivity index (χ1n) is 7.35. The van der Waals surface area contributed by atoms with E-state index in [-0.39, 0.29) is 5.91 Å². The molecular formula is C18H20N2O. The van der Waals surface area contributed by atoms with Gasteiger partial charge in [0.15, 0.2) is 0 Å². The summed E-state index contributed by atoms with van der Waals surface area (Å²) in [5, 5.41) is 6.36. The second-order valence-electron chi connectivity index (χ2n) is 5.62. The number of hydrogen-bond acceptors (Lipinski definition) is 2. The van der Waals surface area contributed by atoms with Gasteiger partial charge >= 0.3 is 0 Å². The zero-order valence-electron chi connectivity index (χ0n) is 12.5. The molecule has 0 atom stereocenters. The van der Waals surface area contributed by atoms with Gasteiger partial charge in [-0.2, -0.15) is 0 Å². The molecule has 2 aromatic rings. The van der Waals surface area contributed by atoms with Crippen LogP contribution in [-0.2, 0) is 13.0 Å². The zero-order valence-corrected chi connectivity index (χ0v) is 12.5. The highest BCUT2D eigenvalue weighted by Crippen LogP contribution is 2.21. The van der Waals surface area contributed by atoms with E-state index < -0.39 is 0 Å². The number of amides is 1. The van der Waals surface area contributed by atoms with Crippen LogP contribution in [0.5, 0.6) is 0 Å². The number of rotatable bonds is 2. The average Bonchev–Trinajstić information content (AvgIpc) is 2.50. The normalized spacial score (nSPS) is 13.6. The van der Waals surface area contributed by atoms with Crippen LogP contribution in [-0.4, -0.2) is 12.5 Å². The monoisotopic (exact) mass is 280 g/mol. The quantitative estimate of drug-likeness (QED) is 0.887. The largest absolute Gasteiger partial charge is 0.322 e. The van der Waals surface area contributed by atoms with Crippen molar-refractivity contribution in [3.63, 3.8) is 0 Å². The number of aryl methyl sites for hydroxylation is 2. The standard InChI is InChI=1S/C18H20N2O/c1-12-6-7-15(10-13(12)2)20-18(21)17-5-3-4-14-11-19-9-8-16(14)17/h3-7,10,19H,8-9,11H2,1-2H3,(H,20,21). The molecule has 0 fully saturated rings. The molecule has 2 N–H and O–H groups in total. The molecule has 1 heterocycles. The number of fused-ring (bicyclic) bond motifs is 1. The lowest BCUT2D eigenvalue weighted by Crippen LogP contribution is -2.26. The Morgan fingerprint density at radius 3 is 2.81 bits per heavy atom. The lowest BCUT2D eigenvalue weighted by atomic mass is 9.95. The van der Waals surface area contributed by atoms with Gasteiger partial charge < -0.3 is 10.6 Å². The predicted octanol–water partition coefficient (Wildman–Crippen LogP) is 3.20. The van der Waals surface area contributed by atoms with Gasteiger partial charge in [0.05, 0.1) is 0 Å². The molecule has 2 aromatic carbocycles. The summed E-state index contributed by atoms with van der Waals surface area (Å²) >= 11 is 0. The fourth-order valence-electron chi connectivity index (χ4n) is 2.76. The molecule has 21 heavy (non-hydrogen) atoms. The summed E-state index contributed by atoms with van der Waals surface area (Å²) in [6.07, 6.45) is 0.909. The Bertz CT molecular complexity index is 692. The van der Waals surface area contributed by atoms with E-state index in [0.29, 0.717) is 0 Å². The maximum Gasteiger partial charge on any atom is 0.255 e. The van der Waals surface area contributed by atoms with E-state index in [4.69, 9.17) is 0 Å². The number of anilines is 1. The minimum Gasteiger partial charge on any atom is -0.322 e. The van der Waals surface area contributed by atoms with Gasteiger partial charge in [0.2, 0.25) is 0 Å². The Hall–Kier alpha value is -2.13. The van der Waals surface area contributed by atoms with E-state index in [1.807, 2.05) is 30.3 Å². The van der Waals surface area contributed by atoms with Crippen LogP contribution >= 0.6 is 0 Å². The van der Waals surface area contributed by atoms with Gasteiger partial charge in [0.25, 0.3) is 5.91 Å². The second kappa shape index (κ2) is 5.70. The Morgan fingerprint density at radius 2 is 2.00 bits per heavy atom. The molecule has 0 spiro atoms. The Kier molecular flexibility index (Phi) is 3.76. The molecule has 0 aromatic heterocycles. The smallest absolute Gasteiger partial charge is 0.255 e. The number of carbonyl (C=O) groups excluding carboxylic acids is 1. The van der Waals surface area contributed by atoms with Crippen molar-refractivity contribution >= 4 is 11.6 Å². The van der Waals surface area contributed by atoms with Crippen LogP contribution in [0.25, 0.3) is 0 Å². The minimum atomic E-state index is -0.0167. The van der Waals surface area contributed by atoms with Crippen molar-refractivity contribution in [1.29, 1.82) is 0 Å². The van der Waals surface area contributed by atoms with E-state index in [2.05, 4.69) is 30.5 Å². The van der Waals surface area contributed by atoms with Gasteiger partial charge in [-0.15, -0.1) is 0 Å². The highest BCUT2D eigenvalue weighted by atomic mass is 16.1. The van der Waals surface area contributed by atoms with Crippen LogP contribution in [0.3, 0.4) is 0 Å². The summed E-state index contributed by atoms with van der Waals surface area (Å²) in [6, 6.07) is 12.0. The highest BCUT2D eigenvalue weighted by Gasteiger charge is 2.17. The SMILES string of the molecule is Cc1ccc(NC(=O)c2cccc3c2CCNC3)cc1C. The van der Waals surface area contributed by atoms with Gasteiger partial charge in [-0.25, -0.2) is 0 Å². The lowest BCUT2D eigenvalue weighted by molar-refractivity contribution is 0.102. The molecule has 108 valence electrons. The summed E-state index contributed by atoms with van der Waals surface area (Å²) in [4.78, 5) is 12.6. The number of benzene rings is 2. The third-order valence-corrected chi connectivity index (χ3v) is 4.15. The molecule has 0 unspecified atom stereocenters. The van der Waals surface area contributed by atoms with Gasteiger partial charge in [0, 0.05) is 17.8 Å². The molecule has 0 saturated heterocycles. The summed E-state index contributed by atoms with van der Waals surface area (Å²) in [5.74, 6) is -0.0167. The van der Waals surface area contributed by atoms with Crippen molar-refractivity contribution in [3.8, 4) is 0 Å². The van der Waals surface area contributed by atoms with Crippen molar-refractivity contribution in [2.45, 2.75) is 26.8 Å². The lowest BCUT2D eigenvalue weighted by Gasteiger charge is -2.20. The Labute approximate surface area is 125 Å². The molecule has 0 aliphatic carbocycles. The summed E-state index contributed by atoms with van der Waals surface area (Å²) in [7, 11) is 0. The summed E-state index contributed by atoms with van der Waals surface area (Å²) in [5.41, 5.74) is 6.48. The van der Waals surface area contributed by atoms with Crippen molar-refractivity contribution in [1.82, 2.24) is 5.32 Å². The van der Waals surface area contributed by atoms with Crippen LogP contribution in [0.15, 0.2) is 36.4 Å². The predicted molar refractivity (Wildman–Crippen MR) is 85.7 cm³/mol. The topological polar surface area (TPSA) is 41.1 Å². The second-order valence-corrected chi connectivity index (χ2v) is 5.62. The first-order valence-corrected chi connectivity index (χ1v) is 7.35. The molecule has 3 heteroatoms. The van der Waals surface area contributed by atoms with E-state index >= 15 is 0 Å². The third-order valence-electron chi connectivity index (χ3n) is 4.15. The van der Waals surface area contributed by atoms with Gasteiger partial charge in [0.1, 0.15) is 0 Å². The number of hydrogen-bond donors (Lipinski definition) is 2. The molecule has 1 aliphatic heterocycles. The maximum atomic E-state index is 12.6. The molecule has 3 nitrogen and oxygen atoms in total. The van der Waals surface area contributed by atoms with Gasteiger partial charge in [-0.05, 0) is 67.3 Å². The highest BCUT2D eigenvalue weighted by molar-refractivity contribution is 6.05. The van der Waals surface area contributed by atoms with E-state index in [1.54, 1.807) is 0 Å². The van der Waals surface area contributed by atoms with Crippen molar-refractivity contribution < 1.29 is 4.79 Å². The minimum absolute atomic E-state index is 0.0167. The Morgan fingerprint density at radius 1 is 1.14 bits per heavy atom. The average molecular weight is 280 g/mol. The van der Waals surface area contributed by atoms with Crippen LogP contribution in [0, 0.1) is 13.8 Å². The fraction of sp³-hybridized carbons (Fsp3) is 0.278. The first kappa shape index (κ1) is 13.8. The van der Waals surface area contributed by atoms with E-state index in [0.717, 1.165) is 30.8 Å². The molecule has 1 aliphatic rings. The third kappa shape index (κ3) is 2.83. The maximum absolute atomic E-state index is 12.6. The molecule has 3 rings (SSSR count).